The molecule has 3 aromatic rings. The summed E-state index contributed by atoms with van der Waals surface area (Å²) >= 11 is 1.46. The Hall–Kier alpha value is -2.47. The maximum absolute atomic E-state index is 12.4. The number of hydrogen-bond donors (Lipinski definition) is 1. The number of rotatable bonds is 8. The maximum Gasteiger partial charge on any atom is 0.270 e. The van der Waals surface area contributed by atoms with E-state index in [-0.39, 0.29) is 5.91 Å². The second-order valence-electron chi connectivity index (χ2n) is 6.32. The van der Waals surface area contributed by atoms with Gasteiger partial charge in [0.05, 0.1) is 11.9 Å². The second-order valence-corrected chi connectivity index (χ2v) is 7.18. The van der Waals surface area contributed by atoms with E-state index >= 15 is 0 Å². The van der Waals surface area contributed by atoms with E-state index in [2.05, 4.69) is 29.2 Å². The Morgan fingerprint density at radius 2 is 2.08 bits per heavy atom. The van der Waals surface area contributed by atoms with Crippen molar-refractivity contribution in [3.63, 3.8) is 0 Å². The molecule has 2 aromatic heterocycles. The van der Waals surface area contributed by atoms with Gasteiger partial charge < -0.3 is 5.32 Å². The fraction of sp³-hybridized carbons (Fsp3) is 0.350. The summed E-state index contributed by atoms with van der Waals surface area (Å²) in [6.45, 7) is 5.05. The zero-order chi connectivity index (χ0) is 18.4. The number of nitrogens with zero attached hydrogens (tertiary/aromatic N) is 3. The SMILES string of the molecule is CCCC(CC)CNC(=O)c1csc(-c2cnn(-c3ccccc3)c2)n1. The molecule has 1 aromatic carbocycles. The van der Waals surface area contributed by atoms with Crippen molar-refractivity contribution in [3.8, 4) is 16.3 Å². The Morgan fingerprint density at radius 3 is 2.81 bits per heavy atom. The van der Waals surface area contributed by atoms with Gasteiger partial charge in [-0.05, 0) is 24.5 Å². The van der Waals surface area contributed by atoms with Gasteiger partial charge >= 0.3 is 0 Å². The third-order valence-electron chi connectivity index (χ3n) is 4.41. The second kappa shape index (κ2) is 8.76. The number of carbonyl (C=O) groups excluding carboxylic acids is 1. The van der Waals surface area contributed by atoms with Gasteiger partial charge in [0.25, 0.3) is 5.91 Å². The zero-order valence-electron chi connectivity index (χ0n) is 15.2. The third-order valence-corrected chi connectivity index (χ3v) is 5.30. The topological polar surface area (TPSA) is 59.8 Å². The molecule has 26 heavy (non-hydrogen) atoms. The highest BCUT2D eigenvalue weighted by atomic mass is 32.1. The van der Waals surface area contributed by atoms with Crippen LogP contribution < -0.4 is 5.32 Å². The predicted octanol–water partition coefficient (Wildman–Crippen LogP) is 4.55. The van der Waals surface area contributed by atoms with E-state index in [9.17, 15) is 4.79 Å². The molecule has 0 spiro atoms. The summed E-state index contributed by atoms with van der Waals surface area (Å²) in [6.07, 6.45) is 7.07. The van der Waals surface area contributed by atoms with E-state index in [4.69, 9.17) is 0 Å². The van der Waals surface area contributed by atoms with Gasteiger partial charge in [-0.2, -0.15) is 5.10 Å². The molecule has 0 saturated heterocycles. The van der Waals surface area contributed by atoms with Crippen LogP contribution >= 0.6 is 11.3 Å². The largest absolute Gasteiger partial charge is 0.350 e. The lowest BCUT2D eigenvalue weighted by Gasteiger charge is -2.13. The molecule has 136 valence electrons. The molecule has 1 atom stereocenters. The van der Waals surface area contributed by atoms with Crippen molar-refractivity contribution in [1.29, 1.82) is 0 Å². The molecule has 0 aliphatic heterocycles. The molecule has 0 saturated carbocycles. The molecule has 0 fully saturated rings. The highest BCUT2D eigenvalue weighted by Gasteiger charge is 2.14. The number of amides is 1. The number of thiazole rings is 1. The third kappa shape index (κ3) is 4.38. The van der Waals surface area contributed by atoms with Crippen LogP contribution in [0.5, 0.6) is 0 Å². The van der Waals surface area contributed by atoms with Gasteiger partial charge in [-0.15, -0.1) is 11.3 Å². The van der Waals surface area contributed by atoms with Crippen molar-refractivity contribution in [3.05, 3.63) is 53.8 Å². The van der Waals surface area contributed by atoms with E-state index in [1.807, 2.05) is 46.6 Å². The van der Waals surface area contributed by atoms with E-state index in [1.54, 1.807) is 6.20 Å². The molecular formula is C20H24N4OS. The summed E-state index contributed by atoms with van der Waals surface area (Å²) in [7, 11) is 0. The van der Waals surface area contributed by atoms with Gasteiger partial charge in [0.1, 0.15) is 10.7 Å². The Morgan fingerprint density at radius 1 is 1.27 bits per heavy atom. The van der Waals surface area contributed by atoms with Gasteiger partial charge in [0, 0.05) is 23.7 Å². The fourth-order valence-corrected chi connectivity index (χ4v) is 3.63. The number of hydrogen-bond acceptors (Lipinski definition) is 4. The van der Waals surface area contributed by atoms with Crippen LogP contribution in [-0.4, -0.2) is 27.2 Å². The van der Waals surface area contributed by atoms with Crippen LogP contribution in [0, 0.1) is 5.92 Å². The first-order chi connectivity index (χ1) is 12.7. The standard InChI is InChI=1S/C20H24N4OS/c1-3-8-15(4-2)11-21-19(25)18-14-26-20(23-18)16-12-22-24(13-16)17-9-6-5-7-10-17/h5-7,9-10,12-15H,3-4,8,11H2,1-2H3,(H,21,25). The fourth-order valence-electron chi connectivity index (χ4n) is 2.85. The summed E-state index contributed by atoms with van der Waals surface area (Å²) < 4.78 is 1.81. The molecule has 1 amide bonds. The van der Waals surface area contributed by atoms with Crippen molar-refractivity contribution in [1.82, 2.24) is 20.1 Å². The van der Waals surface area contributed by atoms with Crippen molar-refractivity contribution < 1.29 is 4.79 Å². The summed E-state index contributed by atoms with van der Waals surface area (Å²) in [6, 6.07) is 9.93. The highest BCUT2D eigenvalue weighted by Crippen LogP contribution is 2.24. The summed E-state index contributed by atoms with van der Waals surface area (Å²) in [4.78, 5) is 16.8. The van der Waals surface area contributed by atoms with Gasteiger partial charge in [-0.25, -0.2) is 9.67 Å². The van der Waals surface area contributed by atoms with Gasteiger partial charge in [0.2, 0.25) is 0 Å². The summed E-state index contributed by atoms with van der Waals surface area (Å²) in [5, 5.41) is 10.0. The average Bonchev–Trinajstić information content (AvgIpc) is 3.35. The van der Waals surface area contributed by atoms with Crippen molar-refractivity contribution >= 4 is 17.2 Å². The monoisotopic (exact) mass is 368 g/mol. The quantitative estimate of drug-likeness (QED) is 0.634. The molecule has 0 bridgehead atoms. The van der Waals surface area contributed by atoms with Crippen LogP contribution in [0.4, 0.5) is 0 Å². The first-order valence-corrected chi connectivity index (χ1v) is 9.93. The van der Waals surface area contributed by atoms with Crippen molar-refractivity contribution in [2.24, 2.45) is 5.92 Å². The predicted molar refractivity (Wildman–Crippen MR) is 106 cm³/mol. The van der Waals surface area contributed by atoms with Gasteiger partial charge in [-0.1, -0.05) is 44.9 Å². The van der Waals surface area contributed by atoms with E-state index in [0.717, 1.165) is 35.5 Å². The minimum absolute atomic E-state index is 0.0995. The minimum Gasteiger partial charge on any atom is -0.350 e. The van der Waals surface area contributed by atoms with Crippen LogP contribution in [0.15, 0.2) is 48.1 Å². The van der Waals surface area contributed by atoms with E-state index in [1.165, 1.54) is 11.3 Å². The molecule has 0 aliphatic carbocycles. The number of aromatic nitrogens is 3. The Labute approximate surface area is 158 Å². The smallest absolute Gasteiger partial charge is 0.270 e. The molecule has 3 rings (SSSR count). The first kappa shape index (κ1) is 18.3. The number of nitrogens with one attached hydrogen (secondary N) is 1. The van der Waals surface area contributed by atoms with Crippen LogP contribution in [0.1, 0.15) is 43.6 Å². The molecule has 0 aliphatic rings. The van der Waals surface area contributed by atoms with E-state index in [0.29, 0.717) is 18.2 Å². The Kier molecular flexibility index (Phi) is 6.17. The maximum atomic E-state index is 12.4. The molecule has 2 heterocycles. The average molecular weight is 369 g/mol. The van der Waals surface area contributed by atoms with Crippen LogP contribution in [0.2, 0.25) is 0 Å². The van der Waals surface area contributed by atoms with Crippen LogP contribution in [0.3, 0.4) is 0 Å². The summed E-state index contributed by atoms with van der Waals surface area (Å²) in [5.74, 6) is 0.434. The lowest BCUT2D eigenvalue weighted by atomic mass is 10.0. The molecule has 1 unspecified atom stereocenters. The lowest BCUT2D eigenvalue weighted by molar-refractivity contribution is 0.0941. The number of carbonyl (C=O) groups is 1. The van der Waals surface area contributed by atoms with E-state index < -0.39 is 0 Å². The molecule has 6 heteroatoms. The van der Waals surface area contributed by atoms with Crippen LogP contribution in [-0.2, 0) is 0 Å². The molecular weight excluding hydrogens is 344 g/mol. The normalized spacial score (nSPS) is 12.1. The first-order valence-electron chi connectivity index (χ1n) is 9.05. The molecule has 5 nitrogen and oxygen atoms in total. The Balaban J connectivity index is 1.66. The van der Waals surface area contributed by atoms with Crippen molar-refractivity contribution in [2.45, 2.75) is 33.1 Å². The van der Waals surface area contributed by atoms with Gasteiger partial charge in [0.15, 0.2) is 0 Å². The molecule has 1 N–H and O–H groups in total. The zero-order valence-corrected chi connectivity index (χ0v) is 16.0. The van der Waals surface area contributed by atoms with Crippen molar-refractivity contribution in [2.75, 3.05) is 6.54 Å². The summed E-state index contributed by atoms with van der Waals surface area (Å²) in [5.41, 5.74) is 2.38. The number of benzene rings is 1. The van der Waals surface area contributed by atoms with Crippen LogP contribution in [0.25, 0.3) is 16.3 Å². The highest BCUT2D eigenvalue weighted by molar-refractivity contribution is 7.13. The van der Waals surface area contributed by atoms with Gasteiger partial charge in [-0.3, -0.25) is 4.79 Å². The minimum atomic E-state index is -0.0995. The Bertz CT molecular complexity index is 840. The molecule has 0 radical (unpaired) electrons. The number of para-hydroxylation sites is 1. The lowest BCUT2D eigenvalue weighted by Crippen LogP contribution is -2.29.